The van der Waals surface area contributed by atoms with E-state index in [1.807, 2.05) is 30.3 Å². The minimum atomic E-state index is 0. The minimum Gasteiger partial charge on any atom is -0.444 e. The summed E-state index contributed by atoms with van der Waals surface area (Å²) in [5.41, 5.74) is 1.73. The Morgan fingerprint density at radius 1 is 1.21 bits per heavy atom. The van der Waals surface area contributed by atoms with Gasteiger partial charge in [-0.1, -0.05) is 31.0 Å². The number of nitrogens with one attached hydrogen (secondary N) is 3. The van der Waals surface area contributed by atoms with Crippen molar-refractivity contribution >= 4 is 35.8 Å². The summed E-state index contributed by atoms with van der Waals surface area (Å²) in [4.78, 5) is 20.6. The average molecular weight is 497 g/mol. The quantitative estimate of drug-likeness (QED) is 0.311. The molecule has 1 saturated carbocycles. The van der Waals surface area contributed by atoms with Gasteiger partial charge >= 0.3 is 0 Å². The number of benzene rings is 1. The van der Waals surface area contributed by atoms with Crippen LogP contribution in [0.2, 0.25) is 0 Å². The molecule has 7 nitrogen and oxygen atoms in total. The zero-order valence-corrected chi connectivity index (χ0v) is 18.4. The highest BCUT2D eigenvalue weighted by atomic mass is 127. The van der Waals surface area contributed by atoms with Gasteiger partial charge in [-0.05, 0) is 25.0 Å². The van der Waals surface area contributed by atoms with Gasteiger partial charge in [0.15, 0.2) is 5.96 Å². The van der Waals surface area contributed by atoms with Gasteiger partial charge in [0, 0.05) is 31.6 Å². The smallest absolute Gasteiger partial charge is 0.226 e. The summed E-state index contributed by atoms with van der Waals surface area (Å²) < 4.78 is 5.53. The standard InChI is InChI=1S/C20H27N5O2.HI/c1-21-20(22-12-11-18(26)24-16-9-5-6-10-16)23-13-17-14-27-19(25-17)15-7-3-2-4-8-15;/h2-4,7-8,14,16H,5-6,9-13H2,1H3,(H,24,26)(H2,21,22,23);1H. The summed E-state index contributed by atoms with van der Waals surface area (Å²) in [6.07, 6.45) is 6.70. The van der Waals surface area contributed by atoms with Crippen molar-refractivity contribution in [3.63, 3.8) is 0 Å². The van der Waals surface area contributed by atoms with E-state index in [4.69, 9.17) is 4.42 Å². The molecule has 1 heterocycles. The van der Waals surface area contributed by atoms with Crippen LogP contribution in [-0.4, -0.2) is 36.5 Å². The van der Waals surface area contributed by atoms with Crippen molar-refractivity contribution in [2.45, 2.75) is 44.7 Å². The van der Waals surface area contributed by atoms with Crippen LogP contribution in [-0.2, 0) is 11.3 Å². The van der Waals surface area contributed by atoms with E-state index < -0.39 is 0 Å². The number of carbonyl (C=O) groups excluding carboxylic acids is 1. The first-order valence-electron chi connectivity index (χ1n) is 9.48. The number of nitrogens with zero attached hydrogens (tertiary/aromatic N) is 2. The summed E-state index contributed by atoms with van der Waals surface area (Å²) in [7, 11) is 1.70. The highest BCUT2D eigenvalue weighted by Crippen LogP contribution is 2.18. The van der Waals surface area contributed by atoms with E-state index in [-0.39, 0.29) is 29.9 Å². The van der Waals surface area contributed by atoms with Crippen LogP contribution >= 0.6 is 24.0 Å². The molecule has 1 aliphatic carbocycles. The molecule has 0 unspecified atom stereocenters. The third kappa shape index (κ3) is 6.81. The van der Waals surface area contributed by atoms with Gasteiger partial charge < -0.3 is 20.4 Å². The Balaban J connectivity index is 0.00000280. The third-order valence-corrected chi connectivity index (χ3v) is 4.60. The van der Waals surface area contributed by atoms with Crippen LogP contribution in [0.1, 0.15) is 37.8 Å². The predicted octanol–water partition coefficient (Wildman–Crippen LogP) is 3.07. The normalized spacial score (nSPS) is 14.4. The number of hydrogen-bond acceptors (Lipinski definition) is 4. The lowest BCUT2D eigenvalue weighted by atomic mass is 10.2. The summed E-state index contributed by atoms with van der Waals surface area (Å²) in [6.45, 7) is 1.02. The van der Waals surface area contributed by atoms with E-state index in [2.05, 4.69) is 25.9 Å². The molecule has 1 amide bonds. The molecule has 0 spiro atoms. The summed E-state index contributed by atoms with van der Waals surface area (Å²) in [6, 6.07) is 10.1. The van der Waals surface area contributed by atoms with Crippen LogP contribution in [0, 0.1) is 0 Å². The van der Waals surface area contributed by atoms with E-state index in [0.29, 0.717) is 37.4 Å². The van der Waals surface area contributed by atoms with Gasteiger partial charge in [-0.3, -0.25) is 9.79 Å². The molecule has 1 fully saturated rings. The van der Waals surface area contributed by atoms with Crippen LogP contribution in [0.4, 0.5) is 0 Å². The second kappa shape index (κ2) is 11.7. The van der Waals surface area contributed by atoms with Crippen molar-refractivity contribution in [3.8, 4) is 11.5 Å². The Labute approximate surface area is 182 Å². The maximum Gasteiger partial charge on any atom is 0.226 e. The van der Waals surface area contributed by atoms with E-state index in [0.717, 1.165) is 24.1 Å². The third-order valence-electron chi connectivity index (χ3n) is 4.60. The molecule has 3 N–H and O–H groups in total. The fraction of sp³-hybridized carbons (Fsp3) is 0.450. The van der Waals surface area contributed by atoms with Crippen molar-refractivity contribution in [2.24, 2.45) is 4.99 Å². The number of carbonyl (C=O) groups is 1. The molecule has 0 aliphatic heterocycles. The molecule has 152 valence electrons. The molecule has 28 heavy (non-hydrogen) atoms. The number of halogens is 1. The lowest BCUT2D eigenvalue weighted by Crippen LogP contribution is -2.40. The minimum absolute atomic E-state index is 0. The molecule has 0 bridgehead atoms. The number of rotatable bonds is 7. The maximum atomic E-state index is 12.0. The molecule has 3 rings (SSSR count). The number of oxazole rings is 1. The Kier molecular flexibility index (Phi) is 9.26. The van der Waals surface area contributed by atoms with E-state index in [1.165, 1.54) is 12.8 Å². The highest BCUT2D eigenvalue weighted by molar-refractivity contribution is 14.0. The molecular formula is C20H28IN5O2. The number of amides is 1. The van der Waals surface area contributed by atoms with Crippen LogP contribution < -0.4 is 16.0 Å². The zero-order chi connectivity index (χ0) is 18.9. The Bertz CT molecular complexity index is 757. The largest absolute Gasteiger partial charge is 0.444 e. The van der Waals surface area contributed by atoms with Crippen molar-refractivity contribution in [1.82, 2.24) is 20.9 Å². The SMILES string of the molecule is CN=C(NCCC(=O)NC1CCCC1)NCc1coc(-c2ccccc2)n1.I. The van der Waals surface area contributed by atoms with Crippen molar-refractivity contribution < 1.29 is 9.21 Å². The molecular weight excluding hydrogens is 469 g/mol. The molecule has 0 radical (unpaired) electrons. The Morgan fingerprint density at radius 3 is 2.68 bits per heavy atom. The summed E-state index contributed by atoms with van der Waals surface area (Å²) in [5.74, 6) is 1.32. The van der Waals surface area contributed by atoms with Crippen molar-refractivity contribution in [3.05, 3.63) is 42.3 Å². The fourth-order valence-corrected chi connectivity index (χ4v) is 3.16. The van der Waals surface area contributed by atoms with E-state index in [1.54, 1.807) is 13.3 Å². The molecule has 1 aliphatic rings. The average Bonchev–Trinajstić information content (AvgIpc) is 3.37. The van der Waals surface area contributed by atoms with E-state index >= 15 is 0 Å². The summed E-state index contributed by atoms with van der Waals surface area (Å²) in [5, 5.41) is 9.42. The first kappa shape index (κ1) is 22.2. The monoisotopic (exact) mass is 497 g/mol. The van der Waals surface area contributed by atoms with Gasteiger partial charge in [0.1, 0.15) is 6.26 Å². The molecule has 0 atom stereocenters. The number of aromatic nitrogens is 1. The predicted molar refractivity (Wildman–Crippen MR) is 121 cm³/mol. The first-order chi connectivity index (χ1) is 13.2. The maximum absolute atomic E-state index is 12.0. The van der Waals surface area contributed by atoms with Crippen LogP contribution in [0.3, 0.4) is 0 Å². The van der Waals surface area contributed by atoms with Crippen molar-refractivity contribution in [1.29, 1.82) is 0 Å². The summed E-state index contributed by atoms with van der Waals surface area (Å²) >= 11 is 0. The highest BCUT2D eigenvalue weighted by Gasteiger charge is 2.16. The van der Waals surface area contributed by atoms with Gasteiger partial charge in [-0.2, -0.15) is 0 Å². The van der Waals surface area contributed by atoms with Crippen LogP contribution in [0.5, 0.6) is 0 Å². The number of hydrogen-bond donors (Lipinski definition) is 3. The van der Waals surface area contributed by atoms with Crippen LogP contribution in [0.25, 0.3) is 11.5 Å². The first-order valence-corrected chi connectivity index (χ1v) is 9.48. The number of aliphatic imine (C=N–C) groups is 1. The Hall–Kier alpha value is -2.10. The van der Waals surface area contributed by atoms with Crippen molar-refractivity contribution in [2.75, 3.05) is 13.6 Å². The second-order valence-electron chi connectivity index (χ2n) is 6.66. The van der Waals surface area contributed by atoms with Gasteiger partial charge in [0.25, 0.3) is 0 Å². The molecule has 0 saturated heterocycles. The lowest BCUT2D eigenvalue weighted by molar-refractivity contribution is -0.121. The zero-order valence-electron chi connectivity index (χ0n) is 16.1. The van der Waals surface area contributed by atoms with Gasteiger partial charge in [-0.25, -0.2) is 4.98 Å². The van der Waals surface area contributed by atoms with Gasteiger partial charge in [-0.15, -0.1) is 24.0 Å². The topological polar surface area (TPSA) is 91.5 Å². The van der Waals surface area contributed by atoms with Gasteiger partial charge in [0.05, 0.1) is 12.2 Å². The molecule has 1 aromatic carbocycles. The second-order valence-corrected chi connectivity index (χ2v) is 6.66. The van der Waals surface area contributed by atoms with E-state index in [9.17, 15) is 4.79 Å². The number of guanidine groups is 1. The lowest BCUT2D eigenvalue weighted by Gasteiger charge is -2.13. The molecule has 1 aromatic heterocycles. The molecule has 2 aromatic rings. The van der Waals surface area contributed by atoms with Crippen LogP contribution in [0.15, 0.2) is 46.0 Å². The fourth-order valence-electron chi connectivity index (χ4n) is 3.16. The molecule has 8 heteroatoms. The van der Waals surface area contributed by atoms with Gasteiger partial charge in [0.2, 0.25) is 11.8 Å². The Morgan fingerprint density at radius 2 is 1.96 bits per heavy atom.